The van der Waals surface area contributed by atoms with Gasteiger partial charge in [-0.2, -0.15) is 0 Å². The first kappa shape index (κ1) is 14.8. The summed E-state index contributed by atoms with van der Waals surface area (Å²) in [6.07, 6.45) is 5.66. The van der Waals surface area contributed by atoms with E-state index in [0.29, 0.717) is 5.69 Å². The quantitative estimate of drug-likeness (QED) is 0.764. The highest BCUT2D eigenvalue weighted by molar-refractivity contribution is 6.03. The van der Waals surface area contributed by atoms with Crippen LogP contribution in [0.15, 0.2) is 30.7 Å². The van der Waals surface area contributed by atoms with Gasteiger partial charge in [0.1, 0.15) is 11.3 Å². The standard InChI is InChI=1S/C17H19N5O2/c1-21-10-11(8-14(21)16(18)23)12-9-20-17-15(12)13(2-3-19-17)22-4-6-24-7-5-22/h2-3,8-10H,4-7H2,1H3,(H2,18,23)(H,19,20). The van der Waals surface area contributed by atoms with Crippen LogP contribution < -0.4 is 10.6 Å². The van der Waals surface area contributed by atoms with E-state index in [-0.39, 0.29) is 0 Å². The molecular formula is C17H19N5O2. The maximum Gasteiger partial charge on any atom is 0.265 e. The van der Waals surface area contributed by atoms with Crippen LogP contribution in [-0.2, 0) is 11.8 Å². The third kappa shape index (κ3) is 2.33. The molecule has 1 saturated heterocycles. The van der Waals surface area contributed by atoms with Crippen LogP contribution in [0.2, 0.25) is 0 Å². The summed E-state index contributed by atoms with van der Waals surface area (Å²) in [5.41, 5.74) is 9.84. The predicted molar refractivity (Wildman–Crippen MR) is 92.1 cm³/mol. The third-order valence-electron chi connectivity index (χ3n) is 4.47. The zero-order valence-electron chi connectivity index (χ0n) is 13.5. The Labute approximate surface area is 139 Å². The van der Waals surface area contributed by atoms with Crippen molar-refractivity contribution < 1.29 is 9.53 Å². The van der Waals surface area contributed by atoms with E-state index in [0.717, 1.165) is 54.2 Å². The Balaban J connectivity index is 1.87. The average Bonchev–Trinajstić information content (AvgIpc) is 3.18. The maximum absolute atomic E-state index is 11.5. The number of pyridine rings is 1. The molecule has 0 atom stereocenters. The first-order valence-electron chi connectivity index (χ1n) is 7.90. The fourth-order valence-corrected chi connectivity index (χ4v) is 3.29. The second kappa shape index (κ2) is 5.68. The summed E-state index contributed by atoms with van der Waals surface area (Å²) >= 11 is 0. The molecule has 0 radical (unpaired) electrons. The van der Waals surface area contributed by atoms with Gasteiger partial charge in [-0.1, -0.05) is 0 Å². The molecule has 4 heterocycles. The summed E-state index contributed by atoms with van der Waals surface area (Å²) in [5.74, 6) is -0.435. The number of nitrogens with one attached hydrogen (secondary N) is 1. The van der Waals surface area contributed by atoms with Crippen LogP contribution in [0.1, 0.15) is 10.5 Å². The van der Waals surface area contributed by atoms with Crippen molar-refractivity contribution in [2.45, 2.75) is 0 Å². The molecule has 24 heavy (non-hydrogen) atoms. The largest absolute Gasteiger partial charge is 0.378 e. The summed E-state index contributed by atoms with van der Waals surface area (Å²) in [7, 11) is 1.82. The minimum Gasteiger partial charge on any atom is -0.378 e. The SMILES string of the molecule is Cn1cc(-c2c[nH]c3nccc(N4CCOCC4)c23)cc1C(N)=O. The topological polar surface area (TPSA) is 89.2 Å². The van der Waals surface area contributed by atoms with E-state index in [1.54, 1.807) is 4.57 Å². The second-order valence-corrected chi connectivity index (χ2v) is 5.94. The number of aromatic nitrogens is 3. The number of nitrogens with zero attached hydrogens (tertiary/aromatic N) is 3. The lowest BCUT2D eigenvalue weighted by Gasteiger charge is -2.29. The van der Waals surface area contributed by atoms with Crippen molar-refractivity contribution in [1.29, 1.82) is 0 Å². The van der Waals surface area contributed by atoms with Crippen LogP contribution >= 0.6 is 0 Å². The summed E-state index contributed by atoms with van der Waals surface area (Å²) in [4.78, 5) is 21.5. The third-order valence-corrected chi connectivity index (χ3v) is 4.47. The van der Waals surface area contributed by atoms with Gasteiger partial charge in [0.2, 0.25) is 0 Å². The zero-order chi connectivity index (χ0) is 16.7. The number of H-pyrrole nitrogens is 1. The van der Waals surface area contributed by atoms with Crippen LogP contribution in [0, 0.1) is 0 Å². The number of ether oxygens (including phenoxy) is 1. The Morgan fingerprint density at radius 1 is 1.38 bits per heavy atom. The molecule has 7 heteroatoms. The Morgan fingerprint density at radius 3 is 2.88 bits per heavy atom. The molecule has 0 aliphatic carbocycles. The molecule has 3 N–H and O–H groups in total. The van der Waals surface area contributed by atoms with Gasteiger partial charge >= 0.3 is 0 Å². The second-order valence-electron chi connectivity index (χ2n) is 5.94. The number of nitrogens with two attached hydrogens (primary N) is 1. The highest BCUT2D eigenvalue weighted by Crippen LogP contribution is 2.35. The minimum absolute atomic E-state index is 0.435. The van der Waals surface area contributed by atoms with Gasteiger partial charge in [-0.05, 0) is 12.1 Å². The van der Waals surface area contributed by atoms with Crippen molar-refractivity contribution in [3.8, 4) is 11.1 Å². The molecule has 4 rings (SSSR count). The number of morpholine rings is 1. The number of anilines is 1. The first-order valence-corrected chi connectivity index (χ1v) is 7.90. The minimum atomic E-state index is -0.435. The van der Waals surface area contributed by atoms with E-state index in [1.807, 2.05) is 37.8 Å². The molecule has 0 unspecified atom stereocenters. The molecule has 1 aliphatic heterocycles. The normalized spacial score (nSPS) is 15.1. The van der Waals surface area contributed by atoms with Gasteiger partial charge in [-0.15, -0.1) is 0 Å². The van der Waals surface area contributed by atoms with Crippen molar-refractivity contribution in [2.75, 3.05) is 31.2 Å². The van der Waals surface area contributed by atoms with Crippen LogP contribution in [-0.4, -0.2) is 46.7 Å². The summed E-state index contributed by atoms with van der Waals surface area (Å²) in [6.45, 7) is 3.15. The van der Waals surface area contributed by atoms with Gasteiger partial charge < -0.3 is 24.9 Å². The van der Waals surface area contributed by atoms with E-state index < -0.39 is 5.91 Å². The van der Waals surface area contributed by atoms with Crippen molar-refractivity contribution in [3.63, 3.8) is 0 Å². The Kier molecular flexibility index (Phi) is 3.50. The van der Waals surface area contributed by atoms with Crippen LogP contribution in [0.3, 0.4) is 0 Å². The Morgan fingerprint density at radius 2 is 2.17 bits per heavy atom. The van der Waals surface area contributed by atoms with Crippen LogP contribution in [0.4, 0.5) is 5.69 Å². The fraction of sp³-hybridized carbons (Fsp3) is 0.294. The molecule has 0 bridgehead atoms. The molecule has 1 fully saturated rings. The Hall–Kier alpha value is -2.80. The monoisotopic (exact) mass is 325 g/mol. The van der Waals surface area contributed by atoms with Gasteiger partial charge in [0.25, 0.3) is 5.91 Å². The lowest BCUT2D eigenvalue weighted by molar-refractivity contribution is 0.0992. The van der Waals surface area contributed by atoms with E-state index >= 15 is 0 Å². The number of aryl methyl sites for hydroxylation is 1. The van der Waals surface area contributed by atoms with Crippen LogP contribution in [0.25, 0.3) is 22.2 Å². The van der Waals surface area contributed by atoms with E-state index in [4.69, 9.17) is 10.5 Å². The van der Waals surface area contributed by atoms with Crippen molar-refractivity contribution >= 4 is 22.6 Å². The number of primary amides is 1. The van der Waals surface area contributed by atoms with Gasteiger partial charge in [0.15, 0.2) is 0 Å². The molecule has 0 spiro atoms. The lowest BCUT2D eigenvalue weighted by atomic mass is 10.1. The number of carbonyl (C=O) groups excluding carboxylic acids is 1. The van der Waals surface area contributed by atoms with Crippen molar-refractivity contribution in [2.24, 2.45) is 12.8 Å². The van der Waals surface area contributed by atoms with Gasteiger partial charge in [0, 0.05) is 55.2 Å². The molecule has 0 aromatic carbocycles. The fourth-order valence-electron chi connectivity index (χ4n) is 3.29. The first-order chi connectivity index (χ1) is 11.6. The van der Waals surface area contributed by atoms with E-state index in [2.05, 4.69) is 14.9 Å². The number of carbonyl (C=O) groups is 1. The van der Waals surface area contributed by atoms with Crippen molar-refractivity contribution in [1.82, 2.24) is 14.5 Å². The zero-order valence-corrected chi connectivity index (χ0v) is 13.5. The summed E-state index contributed by atoms with van der Waals surface area (Å²) in [5, 5.41) is 1.06. The lowest BCUT2D eigenvalue weighted by Crippen LogP contribution is -2.36. The summed E-state index contributed by atoms with van der Waals surface area (Å²) in [6, 6.07) is 3.85. The molecule has 1 amide bonds. The number of hydrogen-bond acceptors (Lipinski definition) is 4. The number of rotatable bonds is 3. The number of hydrogen-bond donors (Lipinski definition) is 2. The van der Waals surface area contributed by atoms with E-state index in [1.165, 1.54) is 0 Å². The molecule has 7 nitrogen and oxygen atoms in total. The maximum atomic E-state index is 11.5. The number of fused-ring (bicyclic) bond motifs is 1. The highest BCUT2D eigenvalue weighted by Gasteiger charge is 2.19. The molecular weight excluding hydrogens is 306 g/mol. The molecule has 124 valence electrons. The van der Waals surface area contributed by atoms with Crippen LogP contribution in [0.5, 0.6) is 0 Å². The average molecular weight is 325 g/mol. The highest BCUT2D eigenvalue weighted by atomic mass is 16.5. The Bertz CT molecular complexity index is 905. The summed E-state index contributed by atoms with van der Waals surface area (Å²) < 4.78 is 7.21. The number of amides is 1. The molecule has 3 aromatic heterocycles. The smallest absolute Gasteiger partial charge is 0.265 e. The number of aromatic amines is 1. The molecule has 0 saturated carbocycles. The van der Waals surface area contributed by atoms with E-state index in [9.17, 15) is 4.79 Å². The molecule has 3 aromatic rings. The van der Waals surface area contributed by atoms with Gasteiger partial charge in [-0.25, -0.2) is 4.98 Å². The van der Waals surface area contributed by atoms with Gasteiger partial charge in [0.05, 0.1) is 18.9 Å². The van der Waals surface area contributed by atoms with Crippen molar-refractivity contribution in [3.05, 3.63) is 36.4 Å². The molecule has 1 aliphatic rings. The predicted octanol–water partition coefficient (Wildman–Crippen LogP) is 1.50. The van der Waals surface area contributed by atoms with Gasteiger partial charge in [-0.3, -0.25) is 4.79 Å².